The first kappa shape index (κ1) is 10.1. The lowest BCUT2D eigenvalue weighted by Crippen LogP contribution is -1.83. The van der Waals surface area contributed by atoms with E-state index in [0.717, 1.165) is 0 Å². The molecule has 0 heterocycles. The summed E-state index contributed by atoms with van der Waals surface area (Å²) in [4.78, 5) is 9.13. The average molecular weight is 122 g/mol. The second-order valence-electron chi connectivity index (χ2n) is 0.673. The van der Waals surface area contributed by atoms with Gasteiger partial charge in [-0.05, 0) is 0 Å². The normalized spacial score (nSPS) is 4.11. The summed E-state index contributed by atoms with van der Waals surface area (Å²) in [5.74, 6) is 0.227. The van der Waals surface area contributed by atoms with E-state index in [9.17, 15) is 0 Å². The molecule has 0 spiro atoms. The molecular weight excluding hydrogens is 120 g/mol. The third-order valence-corrected chi connectivity index (χ3v) is 0.173. The number of carboxylic acid groups (broad SMARTS) is 1. The van der Waals surface area contributed by atoms with Gasteiger partial charge in [0.2, 0.25) is 0 Å². The molecule has 0 saturated carbocycles. The van der Waals surface area contributed by atoms with E-state index in [1.807, 2.05) is 0 Å². The highest BCUT2D eigenvalue weighted by atomic mass is 16.4. The van der Waals surface area contributed by atoms with Gasteiger partial charge in [-0.2, -0.15) is 10.5 Å². The standard InChI is InChI=1S/C3H2O2.C2N2/c1-2-3(4)5;3-1-2-4/h1H,(H,4,5);. The van der Waals surface area contributed by atoms with E-state index in [4.69, 9.17) is 20.4 Å². The first-order valence-electron chi connectivity index (χ1n) is 1.66. The van der Waals surface area contributed by atoms with Crippen molar-refractivity contribution in [2.24, 2.45) is 0 Å². The molecule has 0 rings (SSSR count). The van der Waals surface area contributed by atoms with Crippen molar-refractivity contribution in [1.29, 1.82) is 10.5 Å². The Morgan fingerprint density at radius 2 is 1.67 bits per heavy atom. The van der Waals surface area contributed by atoms with Crippen molar-refractivity contribution in [3.63, 3.8) is 0 Å². The van der Waals surface area contributed by atoms with Gasteiger partial charge < -0.3 is 5.11 Å². The molecule has 0 aliphatic heterocycles. The molecule has 0 bridgehead atoms. The number of rotatable bonds is 0. The van der Waals surface area contributed by atoms with Crippen LogP contribution in [0.4, 0.5) is 0 Å². The topological polar surface area (TPSA) is 84.9 Å². The number of nitriles is 2. The lowest BCUT2D eigenvalue weighted by atomic mass is 10.7. The van der Waals surface area contributed by atoms with Crippen LogP contribution in [0, 0.1) is 35.0 Å². The third kappa shape index (κ3) is 94.7. The molecule has 0 atom stereocenters. The monoisotopic (exact) mass is 122 g/mol. The molecule has 0 aromatic carbocycles. The molecule has 0 unspecified atom stereocenters. The first-order valence-corrected chi connectivity index (χ1v) is 1.66. The van der Waals surface area contributed by atoms with Crippen molar-refractivity contribution in [3.8, 4) is 24.5 Å². The summed E-state index contributed by atoms with van der Waals surface area (Å²) >= 11 is 0. The van der Waals surface area contributed by atoms with Gasteiger partial charge in [-0.3, -0.25) is 0 Å². The number of carbonyl (C=O) groups is 1. The van der Waals surface area contributed by atoms with Crippen LogP contribution in [0.3, 0.4) is 0 Å². The predicted molar refractivity (Wildman–Crippen MR) is 27.7 cm³/mol. The Kier molecular flexibility index (Phi) is 10.5. The van der Waals surface area contributed by atoms with E-state index in [2.05, 4.69) is 6.42 Å². The fourth-order valence-electron chi connectivity index (χ4n) is 0. The molecule has 0 radical (unpaired) electrons. The van der Waals surface area contributed by atoms with E-state index < -0.39 is 5.97 Å². The van der Waals surface area contributed by atoms with Crippen molar-refractivity contribution in [2.45, 2.75) is 0 Å². The van der Waals surface area contributed by atoms with Crippen molar-refractivity contribution in [1.82, 2.24) is 0 Å². The van der Waals surface area contributed by atoms with Gasteiger partial charge in [-0.1, -0.05) is 0 Å². The molecule has 4 heteroatoms. The maximum absolute atomic E-state index is 9.13. The van der Waals surface area contributed by atoms with Crippen molar-refractivity contribution in [3.05, 3.63) is 0 Å². The van der Waals surface area contributed by atoms with Crippen LogP contribution in [-0.4, -0.2) is 11.1 Å². The van der Waals surface area contributed by atoms with Gasteiger partial charge in [0.05, 0.1) is 0 Å². The molecular formula is C5H2N2O2. The zero-order valence-corrected chi connectivity index (χ0v) is 4.33. The quantitative estimate of drug-likeness (QED) is 0.448. The van der Waals surface area contributed by atoms with Gasteiger partial charge in [-0.25, -0.2) is 4.79 Å². The molecule has 0 aliphatic rings. The van der Waals surface area contributed by atoms with Crippen molar-refractivity contribution < 1.29 is 9.90 Å². The number of carboxylic acids is 1. The minimum absolute atomic E-state index is 1.22. The second-order valence-corrected chi connectivity index (χ2v) is 0.673. The highest BCUT2D eigenvalue weighted by Gasteiger charge is 1.74. The SMILES string of the molecule is C#CC(=O)O.N#CC#N. The number of aliphatic carboxylic acids is 1. The van der Waals surface area contributed by atoms with Crippen LogP contribution in [-0.2, 0) is 4.79 Å². The van der Waals surface area contributed by atoms with Crippen LogP contribution in [0.5, 0.6) is 0 Å². The van der Waals surface area contributed by atoms with Gasteiger partial charge >= 0.3 is 5.97 Å². The Labute approximate surface area is 51.9 Å². The number of hydrogen-bond acceptors (Lipinski definition) is 3. The fourth-order valence-corrected chi connectivity index (χ4v) is 0. The summed E-state index contributed by atoms with van der Waals surface area (Å²) in [6.45, 7) is 0. The maximum atomic E-state index is 9.13. The summed E-state index contributed by atoms with van der Waals surface area (Å²) in [7, 11) is 0. The molecule has 0 aromatic rings. The summed E-state index contributed by atoms with van der Waals surface area (Å²) in [6, 6.07) is 2.47. The molecule has 44 valence electrons. The number of terminal acetylenes is 1. The van der Waals surface area contributed by atoms with Crippen LogP contribution in [0.1, 0.15) is 0 Å². The first-order chi connectivity index (χ1) is 4.18. The van der Waals surface area contributed by atoms with Gasteiger partial charge in [0.25, 0.3) is 0 Å². The van der Waals surface area contributed by atoms with Gasteiger partial charge in [0.1, 0.15) is 0 Å². The van der Waals surface area contributed by atoms with Crippen molar-refractivity contribution >= 4 is 5.97 Å². The zero-order valence-electron chi connectivity index (χ0n) is 4.33. The largest absolute Gasteiger partial charge is 0.472 e. The Balaban J connectivity index is 0. The van der Waals surface area contributed by atoms with E-state index in [-0.39, 0.29) is 0 Å². The van der Waals surface area contributed by atoms with E-state index >= 15 is 0 Å². The van der Waals surface area contributed by atoms with Crippen molar-refractivity contribution in [2.75, 3.05) is 0 Å². The highest BCUT2D eigenvalue weighted by Crippen LogP contribution is 1.44. The summed E-state index contributed by atoms with van der Waals surface area (Å²) in [6.07, 6.45) is 4.32. The summed E-state index contributed by atoms with van der Waals surface area (Å²) in [5, 5.41) is 22.0. The van der Waals surface area contributed by atoms with Crippen LogP contribution in [0.15, 0.2) is 0 Å². The molecule has 9 heavy (non-hydrogen) atoms. The zero-order chi connectivity index (χ0) is 7.70. The van der Waals surface area contributed by atoms with Crippen LogP contribution >= 0.6 is 0 Å². The number of nitrogens with zero attached hydrogens (tertiary/aromatic N) is 2. The Morgan fingerprint density at radius 3 is 1.67 bits per heavy atom. The van der Waals surface area contributed by atoms with Gasteiger partial charge in [0, 0.05) is 5.92 Å². The van der Waals surface area contributed by atoms with E-state index in [1.165, 1.54) is 18.1 Å². The Hall–Kier alpha value is -1.99. The molecule has 1 N–H and O–H groups in total. The lowest BCUT2D eigenvalue weighted by molar-refractivity contribution is -0.130. The minimum atomic E-state index is -1.22. The van der Waals surface area contributed by atoms with Crippen LogP contribution in [0.25, 0.3) is 0 Å². The summed E-state index contributed by atoms with van der Waals surface area (Å²) < 4.78 is 0. The van der Waals surface area contributed by atoms with Gasteiger partial charge in [0.15, 0.2) is 12.1 Å². The second kappa shape index (κ2) is 9.38. The predicted octanol–water partition coefficient (Wildman–Crippen LogP) is -0.262. The van der Waals surface area contributed by atoms with Gasteiger partial charge in [-0.15, -0.1) is 6.42 Å². The Bertz CT molecular complexity index is 188. The molecule has 0 saturated heterocycles. The highest BCUT2D eigenvalue weighted by molar-refractivity contribution is 5.85. The Morgan fingerprint density at radius 1 is 1.44 bits per heavy atom. The molecule has 0 amide bonds. The third-order valence-electron chi connectivity index (χ3n) is 0.173. The average Bonchev–Trinajstić information content (AvgIpc) is 1.89. The molecule has 4 nitrogen and oxygen atoms in total. The van der Waals surface area contributed by atoms with Crippen LogP contribution in [0.2, 0.25) is 0 Å². The maximum Gasteiger partial charge on any atom is 0.381 e. The minimum Gasteiger partial charge on any atom is -0.472 e. The molecule has 0 aromatic heterocycles. The summed E-state index contributed by atoms with van der Waals surface area (Å²) in [5.41, 5.74) is 0. The van der Waals surface area contributed by atoms with E-state index in [1.54, 1.807) is 0 Å². The fraction of sp³-hybridized carbons (Fsp3) is 0. The molecule has 0 fully saturated rings. The van der Waals surface area contributed by atoms with Crippen LogP contribution < -0.4 is 0 Å². The smallest absolute Gasteiger partial charge is 0.381 e. The molecule has 0 aliphatic carbocycles. The number of hydrogen-bond donors (Lipinski definition) is 1. The lowest BCUT2D eigenvalue weighted by Gasteiger charge is -1.60. The van der Waals surface area contributed by atoms with E-state index in [0.29, 0.717) is 0 Å².